The Morgan fingerprint density at radius 1 is 1.40 bits per heavy atom. The van der Waals surface area contributed by atoms with Crippen LogP contribution in [0.5, 0.6) is 0 Å². The summed E-state index contributed by atoms with van der Waals surface area (Å²) < 4.78 is 1.06. The molecule has 3 rings (SSSR count). The van der Waals surface area contributed by atoms with Gasteiger partial charge < -0.3 is 5.11 Å². The Morgan fingerprint density at radius 2 is 2.15 bits per heavy atom. The molecular weight excluding hydrogens is 338 g/mol. The third-order valence-electron chi connectivity index (χ3n) is 3.57. The van der Waals surface area contributed by atoms with E-state index in [-0.39, 0.29) is 0 Å². The number of benzene rings is 1. The molecule has 0 bridgehead atoms. The van der Waals surface area contributed by atoms with E-state index in [1.165, 1.54) is 5.56 Å². The summed E-state index contributed by atoms with van der Waals surface area (Å²) >= 11 is 5.09. The van der Waals surface area contributed by atoms with Gasteiger partial charge in [0.25, 0.3) is 0 Å². The Kier molecular flexibility index (Phi) is 3.89. The zero-order valence-electron chi connectivity index (χ0n) is 10.8. The molecule has 2 aromatic rings. The quantitative estimate of drug-likeness (QED) is 0.908. The molecule has 1 aromatic heterocycles. The molecule has 0 saturated heterocycles. The van der Waals surface area contributed by atoms with E-state index in [1.54, 1.807) is 11.3 Å². The average molecular weight is 352 g/mol. The first-order valence-electron chi connectivity index (χ1n) is 6.59. The van der Waals surface area contributed by atoms with Gasteiger partial charge in [0.2, 0.25) is 0 Å². The van der Waals surface area contributed by atoms with Crippen molar-refractivity contribution in [2.24, 2.45) is 0 Å². The SMILES string of the molecule is O=C(O)C1CCCc2sc(Cc3ccc(Br)cc3)nc21. The molecule has 1 unspecified atom stereocenters. The first-order valence-corrected chi connectivity index (χ1v) is 8.20. The first kappa shape index (κ1) is 13.8. The second-order valence-corrected chi connectivity index (χ2v) is 7.09. The number of thiazole rings is 1. The van der Waals surface area contributed by atoms with Gasteiger partial charge in [0.05, 0.1) is 16.6 Å². The van der Waals surface area contributed by atoms with E-state index >= 15 is 0 Å². The van der Waals surface area contributed by atoms with Gasteiger partial charge in [-0.2, -0.15) is 0 Å². The van der Waals surface area contributed by atoms with E-state index in [1.807, 2.05) is 12.1 Å². The number of fused-ring (bicyclic) bond motifs is 1. The standard InChI is InChI=1S/C15H14BrNO2S/c16-10-6-4-9(5-7-10)8-13-17-14-11(15(18)19)2-1-3-12(14)20-13/h4-7,11H,1-3,8H2,(H,18,19). The Hall–Kier alpha value is -1.20. The summed E-state index contributed by atoms with van der Waals surface area (Å²) in [6, 6.07) is 8.17. The highest BCUT2D eigenvalue weighted by Gasteiger charge is 2.29. The molecule has 1 aliphatic rings. The Morgan fingerprint density at radius 3 is 2.85 bits per heavy atom. The van der Waals surface area contributed by atoms with Crippen molar-refractivity contribution in [1.82, 2.24) is 4.98 Å². The predicted molar refractivity (Wildman–Crippen MR) is 82.4 cm³/mol. The Labute approximate surface area is 129 Å². The predicted octanol–water partition coefficient (Wildman–Crippen LogP) is 4.00. The van der Waals surface area contributed by atoms with Gasteiger partial charge in [0.1, 0.15) is 0 Å². The van der Waals surface area contributed by atoms with Crippen LogP contribution in [0.3, 0.4) is 0 Å². The van der Waals surface area contributed by atoms with Gasteiger partial charge in [0.15, 0.2) is 0 Å². The van der Waals surface area contributed by atoms with Gasteiger partial charge in [0, 0.05) is 15.8 Å². The van der Waals surface area contributed by atoms with Crippen LogP contribution in [0.15, 0.2) is 28.7 Å². The van der Waals surface area contributed by atoms with Crippen molar-refractivity contribution in [3.63, 3.8) is 0 Å². The highest BCUT2D eigenvalue weighted by molar-refractivity contribution is 9.10. The average Bonchev–Trinajstić information content (AvgIpc) is 2.83. The van der Waals surface area contributed by atoms with Gasteiger partial charge >= 0.3 is 5.97 Å². The zero-order valence-corrected chi connectivity index (χ0v) is 13.2. The van der Waals surface area contributed by atoms with Crippen LogP contribution < -0.4 is 0 Å². The number of carboxylic acid groups (broad SMARTS) is 1. The molecule has 3 nitrogen and oxygen atoms in total. The van der Waals surface area contributed by atoms with E-state index in [9.17, 15) is 9.90 Å². The molecule has 0 saturated carbocycles. The fourth-order valence-corrected chi connectivity index (χ4v) is 4.03. The molecule has 1 aliphatic carbocycles. The Balaban J connectivity index is 1.85. The van der Waals surface area contributed by atoms with Crippen LogP contribution in [0.2, 0.25) is 0 Å². The summed E-state index contributed by atoms with van der Waals surface area (Å²) in [6.45, 7) is 0. The summed E-state index contributed by atoms with van der Waals surface area (Å²) in [5.41, 5.74) is 2.01. The molecule has 0 aliphatic heterocycles. The van der Waals surface area contributed by atoms with Gasteiger partial charge in [-0.15, -0.1) is 11.3 Å². The highest BCUT2D eigenvalue weighted by Crippen LogP contribution is 2.35. The maximum absolute atomic E-state index is 11.3. The molecule has 0 amide bonds. The number of rotatable bonds is 3. The lowest BCUT2D eigenvalue weighted by molar-refractivity contribution is -0.139. The number of carbonyl (C=O) groups is 1. The number of nitrogens with zero attached hydrogens (tertiary/aromatic N) is 1. The molecule has 5 heteroatoms. The molecule has 104 valence electrons. The van der Waals surface area contributed by atoms with E-state index < -0.39 is 11.9 Å². The number of hydrogen-bond donors (Lipinski definition) is 1. The summed E-state index contributed by atoms with van der Waals surface area (Å²) in [7, 11) is 0. The largest absolute Gasteiger partial charge is 0.481 e. The maximum Gasteiger partial charge on any atom is 0.312 e. The van der Waals surface area contributed by atoms with Crippen molar-refractivity contribution in [3.05, 3.63) is 49.9 Å². The number of halogens is 1. The molecule has 0 fully saturated rings. The molecular formula is C15H14BrNO2S. The zero-order chi connectivity index (χ0) is 14.1. The normalized spacial score (nSPS) is 17.8. The summed E-state index contributed by atoms with van der Waals surface area (Å²) in [4.78, 5) is 17.0. The molecule has 1 aromatic carbocycles. The summed E-state index contributed by atoms with van der Waals surface area (Å²) in [6.07, 6.45) is 3.40. The van der Waals surface area contributed by atoms with Crippen LogP contribution in [0.1, 0.15) is 39.9 Å². The lowest BCUT2D eigenvalue weighted by atomic mass is 9.91. The molecule has 0 radical (unpaired) electrons. The van der Waals surface area contributed by atoms with Gasteiger partial charge in [-0.25, -0.2) is 4.98 Å². The van der Waals surface area contributed by atoms with Gasteiger partial charge in [-0.3, -0.25) is 4.79 Å². The molecule has 1 atom stereocenters. The second-order valence-electron chi connectivity index (χ2n) is 5.00. The van der Waals surface area contributed by atoms with E-state index in [2.05, 4.69) is 33.0 Å². The van der Waals surface area contributed by atoms with Gasteiger partial charge in [-0.1, -0.05) is 28.1 Å². The van der Waals surface area contributed by atoms with E-state index in [0.29, 0.717) is 6.42 Å². The number of aliphatic carboxylic acids is 1. The highest BCUT2D eigenvalue weighted by atomic mass is 79.9. The van der Waals surface area contributed by atoms with Crippen LogP contribution in [-0.2, 0) is 17.6 Å². The monoisotopic (exact) mass is 351 g/mol. The van der Waals surface area contributed by atoms with E-state index in [4.69, 9.17) is 0 Å². The Bertz CT molecular complexity index is 636. The van der Waals surface area contributed by atoms with Crippen molar-refractivity contribution in [2.75, 3.05) is 0 Å². The van der Waals surface area contributed by atoms with Crippen LogP contribution in [-0.4, -0.2) is 16.1 Å². The minimum Gasteiger partial charge on any atom is -0.481 e. The fraction of sp³-hybridized carbons (Fsp3) is 0.333. The lowest BCUT2D eigenvalue weighted by Crippen LogP contribution is -2.17. The van der Waals surface area contributed by atoms with Crippen molar-refractivity contribution >= 4 is 33.2 Å². The molecule has 20 heavy (non-hydrogen) atoms. The number of aryl methyl sites for hydroxylation is 1. The summed E-state index contributed by atoms with van der Waals surface area (Å²) in [5.74, 6) is -1.15. The molecule has 1 N–H and O–H groups in total. The number of hydrogen-bond acceptors (Lipinski definition) is 3. The third kappa shape index (κ3) is 2.79. The maximum atomic E-state index is 11.3. The summed E-state index contributed by atoms with van der Waals surface area (Å²) in [5, 5.41) is 10.3. The smallest absolute Gasteiger partial charge is 0.312 e. The number of carboxylic acids is 1. The van der Waals surface area contributed by atoms with Crippen LogP contribution >= 0.6 is 27.3 Å². The fourth-order valence-electron chi connectivity index (χ4n) is 2.56. The van der Waals surface area contributed by atoms with Crippen molar-refractivity contribution in [1.29, 1.82) is 0 Å². The van der Waals surface area contributed by atoms with Crippen molar-refractivity contribution < 1.29 is 9.90 Å². The third-order valence-corrected chi connectivity index (χ3v) is 5.22. The van der Waals surface area contributed by atoms with E-state index in [0.717, 1.165) is 39.3 Å². The van der Waals surface area contributed by atoms with Crippen molar-refractivity contribution in [2.45, 2.75) is 31.6 Å². The number of aromatic nitrogens is 1. The van der Waals surface area contributed by atoms with Crippen LogP contribution in [0.4, 0.5) is 0 Å². The lowest BCUT2D eigenvalue weighted by Gasteiger charge is -2.16. The van der Waals surface area contributed by atoms with Crippen molar-refractivity contribution in [3.8, 4) is 0 Å². The topological polar surface area (TPSA) is 50.2 Å². The van der Waals surface area contributed by atoms with Gasteiger partial charge in [-0.05, 0) is 37.0 Å². The molecule has 0 spiro atoms. The van der Waals surface area contributed by atoms with Crippen LogP contribution in [0.25, 0.3) is 0 Å². The van der Waals surface area contributed by atoms with Crippen LogP contribution in [0, 0.1) is 0 Å². The first-order chi connectivity index (χ1) is 9.63. The molecule has 1 heterocycles. The minimum atomic E-state index is -0.744. The second kappa shape index (κ2) is 5.66. The minimum absolute atomic E-state index is 0.409.